The summed E-state index contributed by atoms with van der Waals surface area (Å²) in [6.45, 7) is 6.94. The van der Waals surface area contributed by atoms with E-state index in [1.54, 1.807) is 4.57 Å². The third-order valence-electron chi connectivity index (χ3n) is 4.25. The van der Waals surface area contributed by atoms with E-state index >= 15 is 0 Å². The van der Waals surface area contributed by atoms with Crippen LogP contribution in [-0.2, 0) is 22.6 Å². The smallest absolute Gasteiger partial charge is 0.343 e. The molecule has 1 aliphatic heterocycles. The van der Waals surface area contributed by atoms with Crippen molar-refractivity contribution in [3.8, 4) is 0 Å². The van der Waals surface area contributed by atoms with Gasteiger partial charge in [-0.25, -0.2) is 9.89 Å². The van der Waals surface area contributed by atoms with Crippen LogP contribution >= 0.6 is 11.8 Å². The van der Waals surface area contributed by atoms with Gasteiger partial charge in [0.1, 0.15) is 0 Å². The number of aromatic amines is 1. The van der Waals surface area contributed by atoms with Crippen molar-refractivity contribution in [2.75, 3.05) is 37.4 Å². The van der Waals surface area contributed by atoms with E-state index in [1.807, 2.05) is 31.2 Å². The van der Waals surface area contributed by atoms with E-state index in [0.717, 1.165) is 45.0 Å². The molecule has 2 aromatic rings. The standard InChI is InChI=1S/C18H25N5O3S/c1-2-7-23-17(25)20-21-18(23)27-13-16(24)19-15-5-3-14(4-6-15)12-22-8-10-26-11-9-22/h3-6H,2,7-13H2,1H3,(H,19,24)(H,20,25). The number of hydrogen-bond acceptors (Lipinski definition) is 6. The van der Waals surface area contributed by atoms with Crippen molar-refractivity contribution in [2.45, 2.75) is 31.6 Å². The van der Waals surface area contributed by atoms with Crippen LogP contribution in [0.25, 0.3) is 0 Å². The number of thioether (sulfide) groups is 1. The zero-order chi connectivity index (χ0) is 19.1. The summed E-state index contributed by atoms with van der Waals surface area (Å²) in [6.07, 6.45) is 0.829. The molecule has 0 bridgehead atoms. The van der Waals surface area contributed by atoms with E-state index in [-0.39, 0.29) is 17.3 Å². The predicted octanol–water partition coefficient (Wildman–Crippen LogP) is 1.54. The fraction of sp³-hybridized carbons (Fsp3) is 0.500. The van der Waals surface area contributed by atoms with Crippen molar-refractivity contribution in [1.29, 1.82) is 0 Å². The average molecular weight is 391 g/mol. The highest BCUT2D eigenvalue weighted by Crippen LogP contribution is 2.16. The fourth-order valence-electron chi connectivity index (χ4n) is 2.87. The second-order valence-electron chi connectivity index (χ2n) is 6.39. The van der Waals surface area contributed by atoms with Crippen LogP contribution in [0.5, 0.6) is 0 Å². The molecule has 2 heterocycles. The Labute approximate surface area is 162 Å². The monoisotopic (exact) mass is 391 g/mol. The first-order chi connectivity index (χ1) is 13.2. The number of carbonyl (C=O) groups is 1. The minimum absolute atomic E-state index is 0.126. The molecule has 146 valence electrons. The third kappa shape index (κ3) is 5.69. The molecule has 1 aromatic heterocycles. The lowest BCUT2D eigenvalue weighted by molar-refractivity contribution is -0.113. The van der Waals surface area contributed by atoms with Gasteiger partial charge < -0.3 is 10.1 Å². The van der Waals surface area contributed by atoms with Crippen LogP contribution < -0.4 is 11.0 Å². The number of amides is 1. The first-order valence-corrected chi connectivity index (χ1v) is 10.1. The molecule has 0 radical (unpaired) electrons. The SMILES string of the molecule is CCCn1c(SCC(=O)Nc2ccc(CN3CCOCC3)cc2)n[nH]c1=O. The minimum Gasteiger partial charge on any atom is -0.379 e. The molecule has 1 amide bonds. The maximum atomic E-state index is 12.2. The Morgan fingerprint density at radius 1 is 1.30 bits per heavy atom. The lowest BCUT2D eigenvalue weighted by Crippen LogP contribution is -2.35. The Morgan fingerprint density at radius 3 is 2.74 bits per heavy atom. The number of nitrogens with one attached hydrogen (secondary N) is 2. The van der Waals surface area contributed by atoms with Crippen molar-refractivity contribution in [3.63, 3.8) is 0 Å². The van der Waals surface area contributed by atoms with Crippen molar-refractivity contribution in [2.24, 2.45) is 0 Å². The Balaban J connectivity index is 1.48. The van der Waals surface area contributed by atoms with Crippen molar-refractivity contribution in [1.82, 2.24) is 19.7 Å². The highest BCUT2D eigenvalue weighted by atomic mass is 32.2. The summed E-state index contributed by atoms with van der Waals surface area (Å²) in [5, 5.41) is 9.83. The fourth-order valence-corrected chi connectivity index (χ4v) is 3.64. The largest absolute Gasteiger partial charge is 0.379 e. The van der Waals surface area contributed by atoms with Crippen LogP contribution in [0.1, 0.15) is 18.9 Å². The van der Waals surface area contributed by atoms with Gasteiger partial charge in [-0.3, -0.25) is 14.3 Å². The van der Waals surface area contributed by atoms with Gasteiger partial charge in [-0.05, 0) is 24.1 Å². The Bertz CT molecular complexity index is 796. The summed E-state index contributed by atoms with van der Waals surface area (Å²) in [7, 11) is 0. The predicted molar refractivity (Wildman–Crippen MR) is 105 cm³/mol. The number of hydrogen-bond donors (Lipinski definition) is 2. The molecule has 3 rings (SSSR count). The highest BCUT2D eigenvalue weighted by molar-refractivity contribution is 7.99. The quantitative estimate of drug-likeness (QED) is 0.664. The molecule has 0 unspecified atom stereocenters. The normalized spacial score (nSPS) is 15.0. The van der Waals surface area contributed by atoms with Crippen LogP contribution in [0.4, 0.5) is 5.69 Å². The van der Waals surface area contributed by atoms with Crippen molar-refractivity contribution < 1.29 is 9.53 Å². The van der Waals surface area contributed by atoms with Gasteiger partial charge in [0.2, 0.25) is 5.91 Å². The minimum atomic E-state index is -0.240. The number of morpholine rings is 1. The summed E-state index contributed by atoms with van der Waals surface area (Å²) < 4.78 is 6.91. The summed E-state index contributed by atoms with van der Waals surface area (Å²) in [4.78, 5) is 26.2. The molecular formula is C18H25N5O3S. The van der Waals surface area contributed by atoms with Crippen LogP contribution in [0, 0.1) is 0 Å². The number of carbonyl (C=O) groups excluding carboxylic acids is 1. The molecule has 0 atom stereocenters. The van der Waals surface area contributed by atoms with Crippen LogP contribution in [0.2, 0.25) is 0 Å². The van der Waals surface area contributed by atoms with Gasteiger partial charge in [0, 0.05) is 31.9 Å². The Hall–Kier alpha value is -2.10. The zero-order valence-electron chi connectivity index (χ0n) is 15.4. The number of aromatic nitrogens is 3. The maximum Gasteiger partial charge on any atom is 0.343 e. The van der Waals surface area contributed by atoms with Crippen LogP contribution in [-0.4, -0.2) is 57.6 Å². The number of ether oxygens (including phenoxy) is 1. The van der Waals surface area contributed by atoms with E-state index in [4.69, 9.17) is 4.74 Å². The number of anilines is 1. The summed E-state index contributed by atoms with van der Waals surface area (Å²) in [5.74, 6) is 0.0724. The molecule has 9 heteroatoms. The van der Waals surface area contributed by atoms with Gasteiger partial charge in [-0.2, -0.15) is 0 Å². The maximum absolute atomic E-state index is 12.2. The Morgan fingerprint density at radius 2 is 2.04 bits per heavy atom. The number of H-pyrrole nitrogens is 1. The van der Waals surface area contributed by atoms with E-state index < -0.39 is 0 Å². The van der Waals surface area contributed by atoms with Crippen LogP contribution in [0.15, 0.2) is 34.2 Å². The van der Waals surface area contributed by atoms with Gasteiger partial charge in [0.25, 0.3) is 0 Å². The molecule has 27 heavy (non-hydrogen) atoms. The lowest BCUT2D eigenvalue weighted by Gasteiger charge is -2.26. The molecule has 1 fully saturated rings. The molecule has 0 spiro atoms. The molecular weight excluding hydrogens is 366 g/mol. The lowest BCUT2D eigenvalue weighted by atomic mass is 10.2. The third-order valence-corrected chi connectivity index (χ3v) is 5.23. The molecule has 8 nitrogen and oxygen atoms in total. The van der Waals surface area contributed by atoms with E-state index in [0.29, 0.717) is 11.7 Å². The van der Waals surface area contributed by atoms with E-state index in [9.17, 15) is 9.59 Å². The van der Waals surface area contributed by atoms with E-state index in [2.05, 4.69) is 20.4 Å². The van der Waals surface area contributed by atoms with E-state index in [1.165, 1.54) is 17.3 Å². The second kappa shape index (κ2) is 9.72. The van der Waals surface area contributed by atoms with Crippen molar-refractivity contribution in [3.05, 3.63) is 40.3 Å². The summed E-state index contributed by atoms with van der Waals surface area (Å²) in [6, 6.07) is 7.90. The van der Waals surface area contributed by atoms with Crippen molar-refractivity contribution >= 4 is 23.4 Å². The molecule has 0 saturated carbocycles. The molecule has 1 saturated heterocycles. The first kappa shape index (κ1) is 19.7. The van der Waals surface area contributed by atoms with Gasteiger partial charge in [0.05, 0.1) is 19.0 Å². The number of rotatable bonds is 8. The van der Waals surface area contributed by atoms with Crippen LogP contribution in [0.3, 0.4) is 0 Å². The Kier molecular flexibility index (Phi) is 7.08. The zero-order valence-corrected chi connectivity index (χ0v) is 16.3. The van der Waals surface area contributed by atoms with Gasteiger partial charge in [-0.1, -0.05) is 30.8 Å². The first-order valence-electron chi connectivity index (χ1n) is 9.12. The number of nitrogens with zero attached hydrogens (tertiary/aromatic N) is 3. The number of benzene rings is 1. The summed E-state index contributed by atoms with van der Waals surface area (Å²) >= 11 is 1.25. The molecule has 2 N–H and O–H groups in total. The van der Waals surface area contributed by atoms with Gasteiger partial charge >= 0.3 is 5.69 Å². The second-order valence-corrected chi connectivity index (χ2v) is 7.33. The molecule has 1 aromatic carbocycles. The molecule has 1 aliphatic rings. The van der Waals surface area contributed by atoms with Gasteiger partial charge in [0.15, 0.2) is 5.16 Å². The average Bonchev–Trinajstić information content (AvgIpc) is 3.03. The highest BCUT2D eigenvalue weighted by Gasteiger charge is 2.12. The van der Waals surface area contributed by atoms with Gasteiger partial charge in [-0.15, -0.1) is 5.10 Å². The summed E-state index contributed by atoms with van der Waals surface area (Å²) in [5.41, 5.74) is 1.74. The molecule has 0 aliphatic carbocycles. The topological polar surface area (TPSA) is 92.2 Å².